The Kier molecular flexibility index (Phi) is 8.57. The molecule has 0 unspecified atom stereocenters. The normalized spacial score (nSPS) is 11.0. The Morgan fingerprint density at radius 3 is 2.74 bits per heavy atom. The molecule has 0 saturated carbocycles. The fourth-order valence-corrected chi connectivity index (χ4v) is 2.21. The van der Waals surface area contributed by atoms with Crippen LogP contribution in [-0.4, -0.2) is 51.2 Å². The zero-order valence-corrected chi connectivity index (χ0v) is 14.5. The Hall–Kier alpha value is -2.24. The van der Waals surface area contributed by atoms with Gasteiger partial charge in [0.05, 0.1) is 13.7 Å². The predicted octanol–water partition coefficient (Wildman–Crippen LogP) is 2.05. The topological polar surface area (TPSA) is 63.2 Å². The number of hydrogen-bond donors (Lipinski definition) is 1. The molecule has 0 radical (unpaired) electrons. The van der Waals surface area contributed by atoms with E-state index in [4.69, 9.17) is 9.47 Å². The summed E-state index contributed by atoms with van der Waals surface area (Å²) in [6, 6.07) is 7.91. The summed E-state index contributed by atoms with van der Waals surface area (Å²) >= 11 is 0. The van der Waals surface area contributed by atoms with E-state index >= 15 is 0 Å². The molecular weight excluding hydrogens is 294 g/mol. The van der Waals surface area contributed by atoms with Gasteiger partial charge in [-0.15, -0.1) is 0 Å². The van der Waals surface area contributed by atoms with E-state index < -0.39 is 0 Å². The van der Waals surface area contributed by atoms with Crippen LogP contribution >= 0.6 is 0 Å². The molecule has 6 nitrogen and oxygen atoms in total. The maximum atomic E-state index is 11.3. The summed E-state index contributed by atoms with van der Waals surface area (Å²) in [5.74, 6) is 1.48. The van der Waals surface area contributed by atoms with Crippen molar-refractivity contribution in [1.29, 1.82) is 0 Å². The molecule has 1 rings (SSSR count). The van der Waals surface area contributed by atoms with Gasteiger partial charge in [0.25, 0.3) is 0 Å². The van der Waals surface area contributed by atoms with Gasteiger partial charge < -0.3 is 19.7 Å². The maximum Gasteiger partial charge on any atom is 0.305 e. The van der Waals surface area contributed by atoms with Crippen LogP contribution in [0.2, 0.25) is 0 Å². The second-order valence-corrected chi connectivity index (χ2v) is 5.05. The van der Waals surface area contributed by atoms with E-state index in [9.17, 15) is 4.79 Å². The SMILES string of the molecule is CCOC(=O)CCCNC(=NC)N(C)Cc1ccccc1OC. The highest BCUT2D eigenvalue weighted by Crippen LogP contribution is 2.18. The zero-order valence-electron chi connectivity index (χ0n) is 14.5. The number of para-hydroxylation sites is 1. The minimum atomic E-state index is -0.160. The van der Waals surface area contributed by atoms with Gasteiger partial charge in [0.1, 0.15) is 5.75 Å². The summed E-state index contributed by atoms with van der Waals surface area (Å²) < 4.78 is 10.3. The summed E-state index contributed by atoms with van der Waals surface area (Å²) in [7, 11) is 5.38. The standard InChI is InChI=1S/C17H27N3O3/c1-5-23-16(21)11-8-12-19-17(18-2)20(3)13-14-9-6-7-10-15(14)22-4/h6-7,9-10H,5,8,11-13H2,1-4H3,(H,18,19). The lowest BCUT2D eigenvalue weighted by molar-refractivity contribution is -0.143. The van der Waals surface area contributed by atoms with Gasteiger partial charge in [0, 0.05) is 39.2 Å². The number of carbonyl (C=O) groups excluding carboxylic acids is 1. The van der Waals surface area contributed by atoms with Crippen LogP contribution in [0.4, 0.5) is 0 Å². The lowest BCUT2D eigenvalue weighted by Crippen LogP contribution is -2.39. The number of aliphatic imine (C=N–C) groups is 1. The van der Waals surface area contributed by atoms with E-state index in [1.54, 1.807) is 14.2 Å². The van der Waals surface area contributed by atoms with Crippen molar-refractivity contribution in [3.63, 3.8) is 0 Å². The molecule has 0 aliphatic rings. The van der Waals surface area contributed by atoms with Gasteiger partial charge in [0.15, 0.2) is 5.96 Å². The number of rotatable bonds is 8. The average molecular weight is 321 g/mol. The van der Waals surface area contributed by atoms with Crippen LogP contribution in [0.25, 0.3) is 0 Å². The molecule has 128 valence electrons. The molecule has 1 aromatic carbocycles. The Morgan fingerprint density at radius 1 is 1.35 bits per heavy atom. The van der Waals surface area contributed by atoms with Gasteiger partial charge in [-0.25, -0.2) is 0 Å². The van der Waals surface area contributed by atoms with Crippen molar-refractivity contribution < 1.29 is 14.3 Å². The number of nitrogens with one attached hydrogen (secondary N) is 1. The third kappa shape index (κ3) is 6.59. The first kappa shape index (κ1) is 18.8. The summed E-state index contributed by atoms with van der Waals surface area (Å²) in [6.07, 6.45) is 1.12. The first-order chi connectivity index (χ1) is 11.1. The number of ether oxygens (including phenoxy) is 2. The minimum Gasteiger partial charge on any atom is -0.496 e. The Bertz CT molecular complexity index is 518. The van der Waals surface area contributed by atoms with Crippen LogP contribution in [0, 0.1) is 0 Å². The number of benzene rings is 1. The van der Waals surface area contributed by atoms with Crippen LogP contribution in [-0.2, 0) is 16.1 Å². The fourth-order valence-electron chi connectivity index (χ4n) is 2.21. The first-order valence-electron chi connectivity index (χ1n) is 7.81. The van der Waals surface area contributed by atoms with Crippen LogP contribution in [0.5, 0.6) is 5.75 Å². The van der Waals surface area contributed by atoms with Gasteiger partial charge in [0.2, 0.25) is 0 Å². The molecule has 0 spiro atoms. The van der Waals surface area contributed by atoms with Crippen LogP contribution in [0.15, 0.2) is 29.3 Å². The molecule has 0 amide bonds. The fraction of sp³-hybridized carbons (Fsp3) is 0.529. The number of carbonyl (C=O) groups is 1. The molecule has 0 fully saturated rings. The van der Waals surface area contributed by atoms with Crippen molar-refractivity contribution in [3.05, 3.63) is 29.8 Å². The second-order valence-electron chi connectivity index (χ2n) is 5.05. The maximum absolute atomic E-state index is 11.3. The minimum absolute atomic E-state index is 0.160. The smallest absolute Gasteiger partial charge is 0.305 e. The van der Waals surface area contributed by atoms with Crippen molar-refractivity contribution in [3.8, 4) is 5.75 Å². The second kappa shape index (κ2) is 10.5. The molecule has 6 heteroatoms. The van der Waals surface area contributed by atoms with E-state index in [-0.39, 0.29) is 5.97 Å². The molecule has 0 aromatic heterocycles. The molecule has 0 aliphatic carbocycles. The highest BCUT2D eigenvalue weighted by atomic mass is 16.5. The summed E-state index contributed by atoms with van der Waals surface area (Å²) in [4.78, 5) is 17.6. The third-order valence-electron chi connectivity index (χ3n) is 3.32. The predicted molar refractivity (Wildman–Crippen MR) is 91.7 cm³/mol. The summed E-state index contributed by atoms with van der Waals surface area (Å²) in [5, 5.41) is 3.25. The van der Waals surface area contributed by atoms with Gasteiger partial charge >= 0.3 is 5.97 Å². The molecule has 0 bridgehead atoms. The quantitative estimate of drug-likeness (QED) is 0.344. The molecular formula is C17H27N3O3. The van der Waals surface area contributed by atoms with Gasteiger partial charge in [-0.05, 0) is 19.4 Å². The van der Waals surface area contributed by atoms with Crippen molar-refractivity contribution >= 4 is 11.9 Å². The summed E-state index contributed by atoms with van der Waals surface area (Å²) in [6.45, 7) is 3.59. The average Bonchev–Trinajstić information content (AvgIpc) is 2.55. The highest BCUT2D eigenvalue weighted by Gasteiger charge is 2.10. The van der Waals surface area contributed by atoms with Gasteiger partial charge in [-0.1, -0.05) is 18.2 Å². The molecule has 1 N–H and O–H groups in total. The van der Waals surface area contributed by atoms with Crippen molar-refractivity contribution in [2.75, 3.05) is 34.4 Å². The molecule has 0 aliphatic heterocycles. The van der Waals surface area contributed by atoms with Crippen molar-refractivity contribution in [2.45, 2.75) is 26.3 Å². The Labute approximate surface area is 138 Å². The monoisotopic (exact) mass is 321 g/mol. The van der Waals surface area contributed by atoms with E-state index in [2.05, 4.69) is 10.3 Å². The molecule has 0 heterocycles. The van der Waals surface area contributed by atoms with Gasteiger partial charge in [-0.2, -0.15) is 0 Å². The largest absolute Gasteiger partial charge is 0.496 e. The van der Waals surface area contributed by atoms with E-state index in [1.165, 1.54) is 0 Å². The summed E-state index contributed by atoms with van der Waals surface area (Å²) in [5.41, 5.74) is 1.09. The lowest BCUT2D eigenvalue weighted by Gasteiger charge is -2.23. The van der Waals surface area contributed by atoms with Crippen LogP contribution < -0.4 is 10.1 Å². The van der Waals surface area contributed by atoms with Crippen LogP contribution in [0.1, 0.15) is 25.3 Å². The number of methoxy groups -OCH3 is 1. The van der Waals surface area contributed by atoms with Crippen LogP contribution in [0.3, 0.4) is 0 Å². The molecule has 1 aromatic rings. The highest BCUT2D eigenvalue weighted by molar-refractivity contribution is 5.79. The third-order valence-corrected chi connectivity index (χ3v) is 3.32. The van der Waals surface area contributed by atoms with Crippen molar-refractivity contribution in [1.82, 2.24) is 10.2 Å². The van der Waals surface area contributed by atoms with Gasteiger partial charge in [-0.3, -0.25) is 9.79 Å². The number of hydrogen-bond acceptors (Lipinski definition) is 4. The van der Waals surface area contributed by atoms with E-state index in [0.29, 0.717) is 32.5 Å². The van der Waals surface area contributed by atoms with Crippen molar-refractivity contribution in [2.24, 2.45) is 4.99 Å². The molecule has 0 atom stereocenters. The number of nitrogens with zero attached hydrogens (tertiary/aromatic N) is 2. The lowest BCUT2D eigenvalue weighted by atomic mass is 10.2. The molecule has 23 heavy (non-hydrogen) atoms. The van der Waals surface area contributed by atoms with E-state index in [0.717, 1.165) is 17.3 Å². The number of guanidine groups is 1. The zero-order chi connectivity index (χ0) is 17.1. The molecule has 0 saturated heterocycles. The Balaban J connectivity index is 2.46. The Morgan fingerprint density at radius 2 is 2.09 bits per heavy atom. The number of esters is 1. The first-order valence-corrected chi connectivity index (χ1v) is 7.81. The van der Waals surface area contributed by atoms with E-state index in [1.807, 2.05) is 43.1 Å².